The first-order valence-corrected chi connectivity index (χ1v) is 7.44. The maximum absolute atomic E-state index is 9.99. The van der Waals surface area contributed by atoms with Crippen LogP contribution in [0.25, 0.3) is 0 Å². The molecule has 17 heavy (non-hydrogen) atoms. The summed E-state index contributed by atoms with van der Waals surface area (Å²) in [4.78, 5) is 19.9. The molecule has 0 aliphatic rings. The van der Waals surface area contributed by atoms with Crippen LogP contribution in [0.1, 0.15) is 6.42 Å². The summed E-state index contributed by atoms with van der Waals surface area (Å²) >= 11 is 3.07. The summed E-state index contributed by atoms with van der Waals surface area (Å²) in [6, 6.07) is -1.16. The molecular formula is C5H9I2N2NaO6S. The fraction of sp³-hybridized carbons (Fsp3) is 0.600. The van der Waals surface area contributed by atoms with E-state index in [0.717, 1.165) is 0 Å². The van der Waals surface area contributed by atoms with E-state index in [9.17, 15) is 22.6 Å². The molecule has 1 unspecified atom stereocenters. The minimum Gasteiger partial charge on any atom is -0.747 e. The van der Waals surface area contributed by atoms with Crippen molar-refractivity contribution < 1.29 is 57.2 Å². The van der Waals surface area contributed by atoms with Crippen molar-refractivity contribution in [3.05, 3.63) is 0 Å². The second-order valence-corrected chi connectivity index (χ2v) is 10.4. The molecule has 0 saturated heterocycles. The van der Waals surface area contributed by atoms with Crippen LogP contribution in [0.4, 0.5) is 0 Å². The average Bonchev–Trinajstić information content (AvgIpc) is 2.01. The van der Waals surface area contributed by atoms with E-state index in [1.807, 2.05) is 0 Å². The van der Waals surface area contributed by atoms with Crippen molar-refractivity contribution in [1.29, 1.82) is 0 Å². The third-order valence-corrected chi connectivity index (χ3v) is 5.13. The second kappa shape index (κ2) is 11.1. The van der Waals surface area contributed by atoms with Crippen molar-refractivity contribution in [2.24, 2.45) is 11.5 Å². The van der Waals surface area contributed by atoms with E-state index in [0.29, 0.717) is 0 Å². The molecule has 0 aliphatic heterocycles. The van der Waals surface area contributed by atoms with Crippen LogP contribution in [0.15, 0.2) is 0 Å². The molecular weight excluding hydrogens is 493 g/mol. The third-order valence-electron chi connectivity index (χ3n) is 0.957. The molecule has 0 spiro atoms. The molecule has 0 rings (SSSR count). The Hall–Kier alpha value is 1.27. The number of hydrogen-bond acceptors (Lipinski definition) is 6. The van der Waals surface area contributed by atoms with Gasteiger partial charge in [-0.15, -0.1) is 0 Å². The number of halogens is 2. The fourth-order valence-corrected chi connectivity index (χ4v) is 0.304. The molecule has 0 aliphatic carbocycles. The van der Waals surface area contributed by atoms with Crippen molar-refractivity contribution in [2.75, 3.05) is 0 Å². The van der Waals surface area contributed by atoms with Gasteiger partial charge in [0.05, 0.1) is 6.42 Å². The zero-order valence-electron chi connectivity index (χ0n) is 8.67. The van der Waals surface area contributed by atoms with Gasteiger partial charge in [-0.25, -0.2) is 8.42 Å². The van der Waals surface area contributed by atoms with Crippen LogP contribution in [0.5, 0.6) is 0 Å². The molecule has 0 aromatic heterocycles. The van der Waals surface area contributed by atoms with Gasteiger partial charge < -0.3 is 21.1 Å². The number of rotatable bonds is 4. The van der Waals surface area contributed by atoms with Crippen LogP contribution < -0.4 is 41.0 Å². The monoisotopic (exact) mass is 502 g/mol. The minimum absolute atomic E-state index is 0. The molecule has 5 N–H and O–H groups in total. The first-order valence-electron chi connectivity index (χ1n) is 3.48. The summed E-state index contributed by atoms with van der Waals surface area (Å²) in [5.74, 6) is -1.92. The molecule has 0 saturated carbocycles. The molecule has 96 valence electrons. The Morgan fingerprint density at radius 1 is 1.35 bits per heavy atom. The Morgan fingerprint density at radius 3 is 1.71 bits per heavy atom. The van der Waals surface area contributed by atoms with E-state index in [4.69, 9.17) is 10.8 Å². The molecule has 0 aromatic rings. The largest absolute Gasteiger partial charge is 1.00 e. The first-order chi connectivity index (χ1) is 6.98. The smallest absolute Gasteiger partial charge is 0.747 e. The number of carbonyl (C=O) groups excluding carboxylic acids is 1. The van der Waals surface area contributed by atoms with Crippen molar-refractivity contribution in [1.82, 2.24) is 0 Å². The van der Waals surface area contributed by atoms with E-state index < -0.39 is 29.3 Å². The molecule has 0 bridgehead atoms. The van der Waals surface area contributed by atoms with E-state index in [2.05, 4.69) is 5.73 Å². The van der Waals surface area contributed by atoms with Gasteiger partial charge in [0.2, 0.25) is 5.91 Å². The fourth-order valence-electron chi connectivity index (χ4n) is 0.304. The number of carbonyl (C=O) groups is 2. The number of nitrogens with two attached hydrogens (primary N) is 2. The predicted octanol–water partition coefficient (Wildman–Crippen LogP) is -4.04. The molecule has 0 radical (unpaired) electrons. The number of amides is 1. The molecule has 0 aromatic carbocycles. The molecule has 12 heteroatoms. The summed E-state index contributed by atoms with van der Waals surface area (Å²) in [7, 11) is -4.02. The summed E-state index contributed by atoms with van der Waals surface area (Å²) < 4.78 is 28.4. The van der Waals surface area contributed by atoms with Crippen LogP contribution in [-0.4, -0.2) is 37.3 Å². The maximum Gasteiger partial charge on any atom is 1.00 e. The average molecular weight is 502 g/mol. The van der Waals surface area contributed by atoms with Crippen molar-refractivity contribution in [3.63, 3.8) is 0 Å². The Balaban J connectivity index is -0.000000224. The third kappa shape index (κ3) is 17.3. The molecule has 8 nitrogen and oxygen atoms in total. The number of aliphatic carboxylic acids is 1. The first kappa shape index (κ1) is 23.4. The van der Waals surface area contributed by atoms with Crippen LogP contribution in [-0.2, 0) is 19.7 Å². The molecule has 0 heterocycles. The van der Waals surface area contributed by atoms with E-state index in [1.165, 1.54) is 45.2 Å². The Morgan fingerprint density at radius 2 is 1.65 bits per heavy atom. The zero-order valence-corrected chi connectivity index (χ0v) is 15.8. The quantitative estimate of drug-likeness (QED) is 0.153. The van der Waals surface area contributed by atoms with Crippen molar-refractivity contribution >= 4 is 67.2 Å². The van der Waals surface area contributed by atoms with Gasteiger partial charge in [0.1, 0.15) is 16.2 Å². The molecule has 1 amide bonds. The van der Waals surface area contributed by atoms with Crippen molar-refractivity contribution in [2.45, 2.75) is 13.7 Å². The van der Waals surface area contributed by atoms with Crippen LogP contribution in [0.2, 0.25) is 0 Å². The van der Waals surface area contributed by atoms with Crippen molar-refractivity contribution in [3.8, 4) is 0 Å². The number of primary amides is 1. The van der Waals surface area contributed by atoms with E-state index in [1.54, 1.807) is 0 Å². The number of carboxylic acids is 1. The van der Waals surface area contributed by atoms with E-state index >= 15 is 0 Å². The molecule has 1 atom stereocenters. The normalized spacial score (nSPS) is 11.8. The number of alkyl halides is 2. The minimum atomic E-state index is -4.02. The molecule has 0 fully saturated rings. The second-order valence-electron chi connectivity index (χ2n) is 2.37. The van der Waals surface area contributed by atoms with Gasteiger partial charge in [-0.1, -0.05) is 45.2 Å². The summed E-state index contributed by atoms with van der Waals surface area (Å²) in [5, 5.41) is 8.10. The predicted molar refractivity (Wildman–Crippen MR) is 70.9 cm³/mol. The zero-order chi connectivity index (χ0) is 13.5. The number of hydrogen-bond donors (Lipinski definition) is 3. The van der Waals surface area contributed by atoms with Gasteiger partial charge in [-0.05, 0) is 0 Å². The topological polar surface area (TPSA) is 164 Å². The summed E-state index contributed by atoms with van der Waals surface area (Å²) in [5.41, 5.74) is 9.57. The SMILES string of the molecule is NC(=O)CC(N)C(=O)O.O=S(=O)([O-])C(I)I.[Na+]. The summed E-state index contributed by atoms with van der Waals surface area (Å²) in [6.07, 6.45) is -0.310. The number of carboxylic acid groups (broad SMARTS) is 1. The maximum atomic E-state index is 9.99. The van der Waals surface area contributed by atoms with E-state index in [-0.39, 0.29) is 36.0 Å². The van der Waals surface area contributed by atoms with Gasteiger partial charge >= 0.3 is 35.5 Å². The Labute approximate surface area is 148 Å². The van der Waals surface area contributed by atoms with Crippen LogP contribution in [0.3, 0.4) is 0 Å². The Kier molecular flexibility index (Phi) is 15.3. The Bertz CT molecular complexity index is 348. The van der Waals surface area contributed by atoms with Gasteiger partial charge in [-0.3, -0.25) is 9.59 Å². The standard InChI is InChI=1S/C4H8N2O3.CH2I2O3S.Na/c5-2(4(8)9)1-3(6)7;2-1(3)7(4,5)6;/h2H,1,5H2,(H2,6,7)(H,8,9);1H,(H,4,5,6);/q;;+1/p-1. The van der Waals surface area contributed by atoms with Gasteiger partial charge in [0.25, 0.3) is 0 Å². The van der Waals surface area contributed by atoms with Gasteiger partial charge in [0, 0.05) is 0 Å². The van der Waals surface area contributed by atoms with Crippen LogP contribution in [0, 0.1) is 0 Å². The van der Waals surface area contributed by atoms with Crippen LogP contribution >= 0.6 is 45.2 Å². The van der Waals surface area contributed by atoms with Gasteiger partial charge in [-0.2, -0.15) is 0 Å². The van der Waals surface area contributed by atoms with Gasteiger partial charge in [0.15, 0.2) is 1.26 Å². The summed E-state index contributed by atoms with van der Waals surface area (Å²) in [6.45, 7) is 0.